The van der Waals surface area contributed by atoms with Gasteiger partial charge in [-0.25, -0.2) is 4.98 Å². The number of carbonyl (C=O) groups is 6. The number of ketones is 1. The van der Waals surface area contributed by atoms with Crippen LogP contribution in [0.15, 0.2) is 18.6 Å². The average Bonchev–Trinajstić information content (AvgIpc) is 3.60. The van der Waals surface area contributed by atoms with E-state index in [2.05, 4.69) is 31.2 Å². The monoisotopic (exact) mass is 653 g/mol. The van der Waals surface area contributed by atoms with E-state index in [0.717, 1.165) is 38.5 Å². The Kier molecular flexibility index (Phi) is 11.7. The van der Waals surface area contributed by atoms with Crippen LogP contribution >= 0.6 is 0 Å². The molecule has 1 aromatic heterocycles. The number of aromatic nitrogens is 2. The van der Waals surface area contributed by atoms with Crippen LogP contribution in [0.5, 0.6) is 0 Å². The Labute approximate surface area is 277 Å². The van der Waals surface area contributed by atoms with Crippen LogP contribution < -0.4 is 21.3 Å². The lowest BCUT2D eigenvalue weighted by Gasteiger charge is -2.37. The van der Waals surface area contributed by atoms with Gasteiger partial charge in [-0.1, -0.05) is 54.4 Å². The first-order valence-electron chi connectivity index (χ1n) is 17.1. The molecule has 4 N–H and O–H groups in total. The van der Waals surface area contributed by atoms with Gasteiger partial charge in [-0.3, -0.25) is 33.8 Å². The third kappa shape index (κ3) is 8.53. The Morgan fingerprint density at radius 3 is 2.23 bits per heavy atom. The van der Waals surface area contributed by atoms with Crippen LogP contribution in [-0.4, -0.2) is 86.9 Å². The lowest BCUT2D eigenvalue weighted by Crippen LogP contribution is -2.62. The highest BCUT2D eigenvalue weighted by Crippen LogP contribution is 2.43. The molecule has 3 fully saturated rings. The molecule has 6 atom stereocenters. The molecule has 5 amide bonds. The first-order chi connectivity index (χ1) is 22.2. The Bertz CT molecular complexity index is 1330. The number of nitrogens with one attached hydrogen (secondary N) is 4. The lowest BCUT2D eigenvalue weighted by molar-refractivity contribution is -0.146. The molecule has 2 heterocycles. The predicted molar refractivity (Wildman–Crippen MR) is 173 cm³/mol. The zero-order valence-electron chi connectivity index (χ0n) is 28.5. The summed E-state index contributed by atoms with van der Waals surface area (Å²) in [6.45, 7) is 11.3. The maximum absolute atomic E-state index is 14.4. The molecule has 3 aliphatic rings. The van der Waals surface area contributed by atoms with Gasteiger partial charge >= 0.3 is 0 Å². The predicted octanol–water partition coefficient (Wildman–Crippen LogP) is 1.91. The van der Waals surface area contributed by atoms with Crippen LogP contribution in [0.4, 0.5) is 0 Å². The Balaban J connectivity index is 1.53. The summed E-state index contributed by atoms with van der Waals surface area (Å²) in [5.41, 5.74) is -0.686. The molecule has 13 heteroatoms. The summed E-state index contributed by atoms with van der Waals surface area (Å²) in [4.78, 5) is 90.4. The zero-order valence-corrected chi connectivity index (χ0v) is 28.5. The SMILES string of the molecule is CCCC(NC(=O)[C@@H]1[C@H]2CCC[C@H]2CN1C(=O)C(NC(=O)[C@H](NC(=O)c1cnccn1)C(C)C)C(C)(C)C)C(=O)C(=O)NC1CCC1. The van der Waals surface area contributed by atoms with Crippen LogP contribution in [0, 0.1) is 23.2 Å². The van der Waals surface area contributed by atoms with Crippen molar-refractivity contribution in [2.24, 2.45) is 23.2 Å². The van der Waals surface area contributed by atoms with Crippen molar-refractivity contribution in [1.29, 1.82) is 0 Å². The summed E-state index contributed by atoms with van der Waals surface area (Å²) < 4.78 is 0. The highest BCUT2D eigenvalue weighted by Gasteiger charge is 2.52. The van der Waals surface area contributed by atoms with Gasteiger partial charge in [0, 0.05) is 25.0 Å². The van der Waals surface area contributed by atoms with Crippen LogP contribution in [0.25, 0.3) is 0 Å². The second-order valence-electron chi connectivity index (χ2n) is 14.7. The summed E-state index contributed by atoms with van der Waals surface area (Å²) in [5, 5.41) is 11.2. The van der Waals surface area contributed by atoms with Gasteiger partial charge in [-0.05, 0) is 61.7 Å². The fraction of sp³-hybridized carbons (Fsp3) is 0.706. The molecule has 4 rings (SSSR count). The van der Waals surface area contributed by atoms with Gasteiger partial charge in [0.25, 0.3) is 11.8 Å². The van der Waals surface area contributed by atoms with E-state index in [1.807, 2.05) is 27.7 Å². The van der Waals surface area contributed by atoms with E-state index >= 15 is 0 Å². The molecule has 0 bridgehead atoms. The molecule has 1 aliphatic heterocycles. The van der Waals surface area contributed by atoms with Crippen molar-refractivity contribution in [3.8, 4) is 0 Å². The first kappa shape index (κ1) is 35.9. The number of rotatable bonds is 13. The largest absolute Gasteiger partial charge is 0.347 e. The standard InChI is InChI=1S/C34H51N7O6/c1-7-10-23(27(42)32(46)37-21-12-9-13-21)38-31(45)26-22-14-8-11-20(22)18-41(26)33(47)28(34(4,5)6)40-30(44)25(19(2)3)39-29(43)24-17-35-15-16-36-24/h15-17,19-23,25-26,28H,7-14,18H2,1-6H3,(H,37,46)(H,38,45)(H,39,43)(H,40,44)/t20-,22-,23?,25+,26-,28?/m0/s1. The van der Waals surface area contributed by atoms with Gasteiger partial charge in [0.15, 0.2) is 0 Å². The first-order valence-corrected chi connectivity index (χ1v) is 17.1. The minimum atomic E-state index is -1.01. The van der Waals surface area contributed by atoms with E-state index < -0.39 is 64.9 Å². The summed E-state index contributed by atoms with van der Waals surface area (Å²) in [5.74, 6) is -3.60. The molecule has 13 nitrogen and oxygen atoms in total. The van der Waals surface area contributed by atoms with Crippen molar-refractivity contribution in [1.82, 2.24) is 36.1 Å². The second-order valence-corrected chi connectivity index (χ2v) is 14.7. The molecule has 0 radical (unpaired) electrons. The van der Waals surface area contributed by atoms with E-state index in [1.165, 1.54) is 18.6 Å². The van der Waals surface area contributed by atoms with E-state index in [0.29, 0.717) is 19.4 Å². The Morgan fingerprint density at radius 1 is 0.957 bits per heavy atom. The molecule has 0 aromatic carbocycles. The molecule has 1 saturated heterocycles. The van der Waals surface area contributed by atoms with Crippen molar-refractivity contribution < 1.29 is 28.8 Å². The maximum atomic E-state index is 14.4. The fourth-order valence-corrected chi connectivity index (χ4v) is 6.86. The number of hydrogen-bond acceptors (Lipinski definition) is 8. The zero-order chi connectivity index (χ0) is 34.5. The van der Waals surface area contributed by atoms with Gasteiger partial charge in [0.1, 0.15) is 23.8 Å². The lowest BCUT2D eigenvalue weighted by atomic mass is 9.85. The normalized spacial score (nSPS) is 22.8. The van der Waals surface area contributed by atoms with Gasteiger partial charge in [-0.2, -0.15) is 0 Å². The summed E-state index contributed by atoms with van der Waals surface area (Å²) in [6.07, 6.45) is 10.3. The topological polar surface area (TPSA) is 180 Å². The van der Waals surface area contributed by atoms with Gasteiger partial charge in [0.05, 0.1) is 12.2 Å². The number of carbonyl (C=O) groups excluding carboxylic acids is 6. The Hall–Kier alpha value is -3.90. The molecule has 47 heavy (non-hydrogen) atoms. The van der Waals surface area contributed by atoms with Crippen LogP contribution in [0.1, 0.15) is 103 Å². The van der Waals surface area contributed by atoms with E-state index in [-0.39, 0.29) is 29.5 Å². The van der Waals surface area contributed by atoms with E-state index in [9.17, 15) is 28.8 Å². The average molecular weight is 654 g/mol. The quantitative estimate of drug-likeness (QED) is 0.233. The Morgan fingerprint density at radius 2 is 1.66 bits per heavy atom. The number of hydrogen-bond donors (Lipinski definition) is 4. The summed E-state index contributed by atoms with van der Waals surface area (Å²) in [7, 11) is 0. The third-order valence-corrected chi connectivity index (χ3v) is 9.75. The summed E-state index contributed by atoms with van der Waals surface area (Å²) >= 11 is 0. The van der Waals surface area contributed by atoms with E-state index in [4.69, 9.17) is 0 Å². The van der Waals surface area contributed by atoms with Gasteiger partial charge in [-0.15, -0.1) is 0 Å². The molecular weight excluding hydrogens is 602 g/mol. The van der Waals surface area contributed by atoms with Crippen molar-refractivity contribution in [3.63, 3.8) is 0 Å². The van der Waals surface area contributed by atoms with Crippen LogP contribution in [0.3, 0.4) is 0 Å². The number of amides is 5. The van der Waals surface area contributed by atoms with Gasteiger partial charge < -0.3 is 26.2 Å². The molecule has 1 aromatic rings. The highest BCUT2D eigenvalue weighted by molar-refractivity contribution is 6.38. The number of nitrogens with zero attached hydrogens (tertiary/aromatic N) is 3. The van der Waals surface area contributed by atoms with E-state index in [1.54, 1.807) is 18.7 Å². The number of likely N-dealkylation sites (tertiary alicyclic amines) is 1. The summed E-state index contributed by atoms with van der Waals surface area (Å²) in [6, 6.07) is -3.82. The molecule has 2 unspecified atom stereocenters. The molecule has 2 aliphatic carbocycles. The van der Waals surface area contributed by atoms with Crippen molar-refractivity contribution in [2.45, 2.75) is 123 Å². The number of Topliss-reactive ketones (excluding diaryl/α,β-unsaturated/α-hetero) is 1. The maximum Gasteiger partial charge on any atom is 0.289 e. The smallest absolute Gasteiger partial charge is 0.289 e. The fourth-order valence-electron chi connectivity index (χ4n) is 6.86. The highest BCUT2D eigenvalue weighted by atomic mass is 16.2. The van der Waals surface area contributed by atoms with Crippen molar-refractivity contribution >= 4 is 35.3 Å². The number of fused-ring (bicyclic) bond motifs is 1. The van der Waals surface area contributed by atoms with Crippen LogP contribution in [-0.2, 0) is 24.0 Å². The molecule has 2 saturated carbocycles. The second kappa shape index (κ2) is 15.3. The van der Waals surface area contributed by atoms with Crippen molar-refractivity contribution in [3.05, 3.63) is 24.3 Å². The minimum absolute atomic E-state index is 0.00760. The van der Waals surface area contributed by atoms with Crippen LogP contribution in [0.2, 0.25) is 0 Å². The van der Waals surface area contributed by atoms with Gasteiger partial charge in [0.2, 0.25) is 23.5 Å². The molecule has 258 valence electrons. The minimum Gasteiger partial charge on any atom is -0.347 e. The molecule has 0 spiro atoms. The van der Waals surface area contributed by atoms with Crippen molar-refractivity contribution in [2.75, 3.05) is 6.54 Å². The third-order valence-electron chi connectivity index (χ3n) is 9.75. The molecular formula is C34H51N7O6.